The van der Waals surface area contributed by atoms with Crippen molar-refractivity contribution in [1.29, 1.82) is 0 Å². The van der Waals surface area contributed by atoms with Gasteiger partial charge in [-0.1, -0.05) is 17.3 Å². The van der Waals surface area contributed by atoms with Crippen LogP contribution in [0.5, 0.6) is 0 Å². The Morgan fingerprint density at radius 3 is 2.59 bits per heavy atom. The number of imidazole rings is 1. The molecule has 1 heterocycles. The molecule has 0 aliphatic carbocycles. The first-order valence-electron chi connectivity index (χ1n) is 5.21. The second kappa shape index (κ2) is 3.97. The molecule has 6 heteroatoms. The van der Waals surface area contributed by atoms with Gasteiger partial charge in [0.1, 0.15) is 0 Å². The number of aromatic nitrogens is 2. The molecule has 1 aromatic carbocycles. The van der Waals surface area contributed by atoms with E-state index in [-0.39, 0.29) is 11.5 Å². The smallest absolute Gasteiger partial charge is 0.329 e. The molecule has 0 aliphatic rings. The van der Waals surface area contributed by atoms with E-state index in [0.29, 0.717) is 0 Å². The molecular weight excluding hydrogens is 220 g/mol. The highest BCUT2D eigenvalue weighted by Crippen LogP contribution is 2.16. The van der Waals surface area contributed by atoms with E-state index in [1.807, 2.05) is 24.3 Å². The maximum atomic E-state index is 12.1. The summed E-state index contributed by atoms with van der Waals surface area (Å²) in [4.78, 5) is 12.1. The maximum absolute atomic E-state index is 12.1. The Morgan fingerprint density at radius 2 is 2.00 bits per heavy atom. The van der Waals surface area contributed by atoms with Gasteiger partial charge in [-0.3, -0.25) is 9.13 Å². The second-order valence-corrected chi connectivity index (χ2v) is 3.90. The van der Waals surface area contributed by atoms with Crippen LogP contribution in [-0.4, -0.2) is 20.2 Å². The number of fused-ring (bicyclic) bond motifs is 1. The summed E-state index contributed by atoms with van der Waals surface area (Å²) in [5.74, 6) is 0.00320. The molecule has 0 spiro atoms. The molecule has 6 nitrogen and oxygen atoms in total. The molecule has 0 aliphatic heterocycles. The molecule has 0 amide bonds. The van der Waals surface area contributed by atoms with Crippen LogP contribution in [0.25, 0.3) is 11.0 Å². The highest BCUT2D eigenvalue weighted by atomic mass is 16.4. The zero-order valence-electron chi connectivity index (χ0n) is 9.66. The highest BCUT2D eigenvalue weighted by molar-refractivity contribution is 5.86. The third kappa shape index (κ3) is 1.57. The van der Waals surface area contributed by atoms with Gasteiger partial charge in [-0.15, -0.1) is 0 Å². The van der Waals surface area contributed by atoms with Crippen LogP contribution >= 0.6 is 0 Å². The van der Waals surface area contributed by atoms with Crippen molar-refractivity contribution in [2.45, 2.75) is 13.0 Å². The topological polar surface area (TPSA) is 85.5 Å². The van der Waals surface area contributed by atoms with Gasteiger partial charge in [-0.05, 0) is 19.1 Å². The number of oxime groups is 1. The molecule has 3 N–H and O–H groups in total. The predicted molar refractivity (Wildman–Crippen MR) is 65.3 cm³/mol. The zero-order chi connectivity index (χ0) is 12.6. The van der Waals surface area contributed by atoms with Crippen molar-refractivity contribution in [2.24, 2.45) is 17.9 Å². The van der Waals surface area contributed by atoms with Crippen molar-refractivity contribution in [3.05, 3.63) is 34.7 Å². The Kier molecular flexibility index (Phi) is 2.63. The summed E-state index contributed by atoms with van der Waals surface area (Å²) in [6.07, 6.45) is 0. The van der Waals surface area contributed by atoms with E-state index in [1.165, 1.54) is 9.13 Å². The number of benzene rings is 1. The molecule has 1 atom stereocenters. The number of rotatable bonds is 2. The summed E-state index contributed by atoms with van der Waals surface area (Å²) in [6, 6.07) is 6.90. The van der Waals surface area contributed by atoms with Gasteiger partial charge >= 0.3 is 5.69 Å². The lowest BCUT2D eigenvalue weighted by Gasteiger charge is -2.11. The van der Waals surface area contributed by atoms with Crippen LogP contribution < -0.4 is 11.4 Å². The molecule has 1 unspecified atom stereocenters. The first kappa shape index (κ1) is 11.3. The van der Waals surface area contributed by atoms with Crippen LogP contribution in [0.4, 0.5) is 0 Å². The van der Waals surface area contributed by atoms with Gasteiger partial charge in [-0.2, -0.15) is 0 Å². The van der Waals surface area contributed by atoms with Gasteiger partial charge in [0, 0.05) is 7.05 Å². The number of amidine groups is 1. The predicted octanol–water partition coefficient (Wildman–Crippen LogP) is 0.647. The zero-order valence-corrected chi connectivity index (χ0v) is 9.66. The van der Waals surface area contributed by atoms with Crippen LogP contribution in [0, 0.1) is 0 Å². The average Bonchev–Trinajstić information content (AvgIpc) is 2.61. The first-order chi connectivity index (χ1) is 8.07. The molecule has 0 saturated heterocycles. The Hall–Kier alpha value is -2.24. The molecule has 0 fully saturated rings. The third-order valence-electron chi connectivity index (χ3n) is 2.93. The molecule has 0 bridgehead atoms. The normalized spacial score (nSPS) is 14.1. The van der Waals surface area contributed by atoms with Crippen molar-refractivity contribution in [3.8, 4) is 0 Å². The number of nitrogens with zero attached hydrogens (tertiary/aromatic N) is 3. The Labute approximate surface area is 97.6 Å². The summed E-state index contributed by atoms with van der Waals surface area (Å²) in [5.41, 5.74) is 6.94. The standard InChI is InChI=1S/C11H14N4O2/c1-7(10(12)13-17)15-9-6-4-3-5-8(9)14(2)11(15)16/h3-7,17H,1-2H3,(H2,12,13). The number of hydrogen-bond donors (Lipinski definition) is 2. The van der Waals surface area contributed by atoms with Gasteiger partial charge in [-0.25, -0.2) is 4.79 Å². The minimum atomic E-state index is -0.487. The number of aryl methyl sites for hydroxylation is 1. The monoisotopic (exact) mass is 234 g/mol. The Morgan fingerprint density at radius 1 is 1.41 bits per heavy atom. The third-order valence-corrected chi connectivity index (χ3v) is 2.93. The number of para-hydroxylation sites is 2. The van der Waals surface area contributed by atoms with E-state index >= 15 is 0 Å². The fraction of sp³-hybridized carbons (Fsp3) is 0.273. The fourth-order valence-electron chi connectivity index (χ4n) is 1.91. The minimum Gasteiger partial charge on any atom is -0.409 e. The fourth-order valence-corrected chi connectivity index (χ4v) is 1.91. The first-order valence-corrected chi connectivity index (χ1v) is 5.21. The van der Waals surface area contributed by atoms with E-state index < -0.39 is 6.04 Å². The van der Waals surface area contributed by atoms with E-state index in [9.17, 15) is 4.79 Å². The Balaban J connectivity index is 2.78. The molecule has 0 radical (unpaired) electrons. The summed E-state index contributed by atoms with van der Waals surface area (Å²) < 4.78 is 3.04. The molecule has 2 rings (SSSR count). The van der Waals surface area contributed by atoms with Crippen molar-refractivity contribution in [1.82, 2.24) is 9.13 Å². The van der Waals surface area contributed by atoms with Crippen molar-refractivity contribution < 1.29 is 5.21 Å². The van der Waals surface area contributed by atoms with E-state index in [2.05, 4.69) is 5.16 Å². The summed E-state index contributed by atoms with van der Waals surface area (Å²) >= 11 is 0. The number of nitrogens with two attached hydrogens (primary N) is 1. The van der Waals surface area contributed by atoms with Crippen LogP contribution in [0.1, 0.15) is 13.0 Å². The summed E-state index contributed by atoms with van der Waals surface area (Å²) in [6.45, 7) is 1.71. The molecule has 0 saturated carbocycles. The van der Waals surface area contributed by atoms with Crippen LogP contribution in [-0.2, 0) is 7.05 Å². The minimum absolute atomic E-state index is 0.00320. The molecule has 90 valence electrons. The van der Waals surface area contributed by atoms with Gasteiger partial charge in [0.15, 0.2) is 5.84 Å². The average molecular weight is 234 g/mol. The molecule has 17 heavy (non-hydrogen) atoms. The lowest BCUT2D eigenvalue weighted by Crippen LogP contribution is -2.32. The number of hydrogen-bond acceptors (Lipinski definition) is 3. The van der Waals surface area contributed by atoms with E-state index in [4.69, 9.17) is 10.9 Å². The van der Waals surface area contributed by atoms with Crippen molar-refractivity contribution >= 4 is 16.9 Å². The van der Waals surface area contributed by atoms with Gasteiger partial charge < -0.3 is 10.9 Å². The van der Waals surface area contributed by atoms with Gasteiger partial charge in [0.2, 0.25) is 0 Å². The van der Waals surface area contributed by atoms with Crippen LogP contribution in [0.2, 0.25) is 0 Å². The van der Waals surface area contributed by atoms with E-state index in [0.717, 1.165) is 11.0 Å². The van der Waals surface area contributed by atoms with Crippen molar-refractivity contribution in [3.63, 3.8) is 0 Å². The maximum Gasteiger partial charge on any atom is 0.329 e. The lowest BCUT2D eigenvalue weighted by atomic mass is 10.2. The van der Waals surface area contributed by atoms with Gasteiger partial charge in [0.05, 0.1) is 17.1 Å². The second-order valence-electron chi connectivity index (χ2n) is 3.90. The van der Waals surface area contributed by atoms with Crippen molar-refractivity contribution in [2.75, 3.05) is 0 Å². The van der Waals surface area contributed by atoms with Crippen LogP contribution in [0.3, 0.4) is 0 Å². The quantitative estimate of drug-likeness (QED) is 0.346. The molecule has 2 aromatic rings. The van der Waals surface area contributed by atoms with Gasteiger partial charge in [0.25, 0.3) is 0 Å². The summed E-state index contributed by atoms with van der Waals surface area (Å²) in [5, 5.41) is 11.6. The highest BCUT2D eigenvalue weighted by Gasteiger charge is 2.18. The van der Waals surface area contributed by atoms with E-state index in [1.54, 1.807) is 14.0 Å². The Bertz CT molecular complexity index is 638. The van der Waals surface area contributed by atoms with Crippen LogP contribution in [0.15, 0.2) is 34.2 Å². The molecular formula is C11H14N4O2. The molecule has 1 aromatic heterocycles. The SMILES string of the molecule is CC(/C(N)=N/O)n1c(=O)n(C)c2ccccc21. The lowest BCUT2D eigenvalue weighted by molar-refractivity contribution is 0.314. The summed E-state index contributed by atoms with van der Waals surface area (Å²) in [7, 11) is 1.69. The largest absolute Gasteiger partial charge is 0.409 e.